The summed E-state index contributed by atoms with van der Waals surface area (Å²) < 4.78 is 0.801. The molecule has 0 bridgehead atoms. The molecule has 0 saturated carbocycles. The first-order valence-electron chi connectivity index (χ1n) is 5.71. The fourth-order valence-electron chi connectivity index (χ4n) is 1.65. The molecule has 0 unspecified atom stereocenters. The largest absolute Gasteiger partial charge is 0.507 e. The van der Waals surface area contributed by atoms with Crippen LogP contribution >= 0.6 is 34.2 Å². The highest BCUT2D eigenvalue weighted by Gasteiger charge is 2.14. The molecule has 7 heteroatoms. The van der Waals surface area contributed by atoms with Crippen LogP contribution in [0.25, 0.3) is 0 Å². The molecular weight excluding hydrogens is 409 g/mol. The SMILES string of the molecule is O=C(Nc1ccc(C(=O)O)c(Cl)c1)c1cc(I)ccc1O. The zero-order valence-electron chi connectivity index (χ0n) is 10.4. The lowest BCUT2D eigenvalue weighted by Crippen LogP contribution is -2.12. The van der Waals surface area contributed by atoms with Gasteiger partial charge in [0.1, 0.15) is 5.75 Å². The summed E-state index contributed by atoms with van der Waals surface area (Å²) >= 11 is 7.85. The lowest BCUT2D eigenvalue weighted by molar-refractivity contribution is 0.0697. The quantitative estimate of drug-likeness (QED) is 0.666. The summed E-state index contributed by atoms with van der Waals surface area (Å²) in [7, 11) is 0. The molecule has 0 radical (unpaired) electrons. The number of phenols is 1. The van der Waals surface area contributed by atoms with E-state index >= 15 is 0 Å². The number of hydrogen-bond acceptors (Lipinski definition) is 3. The zero-order valence-corrected chi connectivity index (χ0v) is 13.3. The number of carboxylic acid groups (broad SMARTS) is 1. The van der Waals surface area contributed by atoms with Crippen molar-refractivity contribution in [2.24, 2.45) is 0 Å². The average molecular weight is 418 g/mol. The van der Waals surface area contributed by atoms with Crippen LogP contribution in [0.15, 0.2) is 36.4 Å². The van der Waals surface area contributed by atoms with Crippen LogP contribution in [-0.4, -0.2) is 22.1 Å². The van der Waals surface area contributed by atoms with E-state index in [0.717, 1.165) is 3.57 Å². The van der Waals surface area contributed by atoms with Crippen LogP contribution in [0, 0.1) is 3.57 Å². The number of nitrogens with one attached hydrogen (secondary N) is 1. The van der Waals surface area contributed by atoms with E-state index in [0.29, 0.717) is 5.69 Å². The van der Waals surface area contributed by atoms with Crippen molar-refractivity contribution in [1.29, 1.82) is 0 Å². The van der Waals surface area contributed by atoms with E-state index in [2.05, 4.69) is 5.32 Å². The topological polar surface area (TPSA) is 86.6 Å². The van der Waals surface area contributed by atoms with Gasteiger partial charge < -0.3 is 15.5 Å². The third-order valence-corrected chi connectivity index (χ3v) is 3.64. The number of aromatic carboxylic acids is 1. The lowest BCUT2D eigenvalue weighted by Gasteiger charge is -2.08. The minimum absolute atomic E-state index is 0.0205. The van der Waals surface area contributed by atoms with E-state index < -0.39 is 11.9 Å². The second-order valence-electron chi connectivity index (χ2n) is 4.12. The minimum Gasteiger partial charge on any atom is -0.507 e. The Morgan fingerprint density at radius 3 is 2.43 bits per heavy atom. The number of anilines is 1. The van der Waals surface area contributed by atoms with Crippen LogP contribution in [0.3, 0.4) is 0 Å². The van der Waals surface area contributed by atoms with E-state index in [-0.39, 0.29) is 21.9 Å². The molecule has 2 rings (SSSR count). The van der Waals surface area contributed by atoms with E-state index in [4.69, 9.17) is 16.7 Å². The van der Waals surface area contributed by atoms with Crippen molar-refractivity contribution in [2.45, 2.75) is 0 Å². The first-order chi connectivity index (χ1) is 9.88. The Kier molecular flexibility index (Phi) is 4.69. The van der Waals surface area contributed by atoms with Crippen molar-refractivity contribution in [3.8, 4) is 5.75 Å². The van der Waals surface area contributed by atoms with E-state index in [1.807, 2.05) is 22.6 Å². The van der Waals surface area contributed by atoms with Gasteiger partial charge in [-0.2, -0.15) is 0 Å². The molecule has 108 valence electrons. The molecule has 2 aromatic carbocycles. The van der Waals surface area contributed by atoms with E-state index in [1.165, 1.54) is 24.3 Å². The number of carbonyl (C=O) groups is 2. The van der Waals surface area contributed by atoms with Gasteiger partial charge in [-0.3, -0.25) is 4.79 Å². The van der Waals surface area contributed by atoms with Crippen molar-refractivity contribution in [3.63, 3.8) is 0 Å². The lowest BCUT2D eigenvalue weighted by atomic mass is 10.1. The Balaban J connectivity index is 2.26. The first-order valence-corrected chi connectivity index (χ1v) is 7.17. The van der Waals surface area contributed by atoms with Gasteiger partial charge in [0.2, 0.25) is 0 Å². The average Bonchev–Trinajstić information content (AvgIpc) is 2.41. The second-order valence-corrected chi connectivity index (χ2v) is 5.77. The number of hydrogen-bond donors (Lipinski definition) is 3. The highest BCUT2D eigenvalue weighted by molar-refractivity contribution is 14.1. The van der Waals surface area contributed by atoms with Gasteiger partial charge in [0.15, 0.2) is 0 Å². The van der Waals surface area contributed by atoms with Gasteiger partial charge in [-0.05, 0) is 59.0 Å². The number of benzene rings is 2. The number of aromatic hydroxyl groups is 1. The summed E-state index contributed by atoms with van der Waals surface area (Å²) in [5.74, 6) is -1.79. The number of halogens is 2. The normalized spacial score (nSPS) is 10.2. The fraction of sp³-hybridized carbons (Fsp3) is 0. The molecule has 5 nitrogen and oxygen atoms in total. The summed E-state index contributed by atoms with van der Waals surface area (Å²) in [6.45, 7) is 0. The highest BCUT2D eigenvalue weighted by atomic mass is 127. The maximum absolute atomic E-state index is 12.1. The highest BCUT2D eigenvalue weighted by Crippen LogP contribution is 2.24. The Bertz CT molecular complexity index is 733. The molecule has 0 aliphatic heterocycles. The third kappa shape index (κ3) is 3.64. The molecule has 1 amide bonds. The van der Waals surface area contributed by atoms with Crippen molar-refractivity contribution < 1.29 is 19.8 Å². The van der Waals surface area contributed by atoms with Gasteiger partial charge in [0.05, 0.1) is 16.1 Å². The first kappa shape index (κ1) is 15.6. The van der Waals surface area contributed by atoms with Gasteiger partial charge >= 0.3 is 5.97 Å². The van der Waals surface area contributed by atoms with Gasteiger partial charge in [0.25, 0.3) is 5.91 Å². The van der Waals surface area contributed by atoms with Gasteiger partial charge in [-0.1, -0.05) is 11.6 Å². The Morgan fingerprint density at radius 1 is 1.10 bits per heavy atom. The summed E-state index contributed by atoms with van der Waals surface area (Å²) in [5, 5.41) is 21.1. The Hall–Kier alpha value is -1.80. The molecule has 0 saturated heterocycles. The van der Waals surface area contributed by atoms with Crippen molar-refractivity contribution in [3.05, 3.63) is 56.1 Å². The van der Waals surface area contributed by atoms with Gasteiger partial charge in [-0.25, -0.2) is 4.79 Å². The van der Waals surface area contributed by atoms with Crippen molar-refractivity contribution >= 4 is 51.8 Å². The summed E-state index contributed by atoms with van der Waals surface area (Å²) in [6, 6.07) is 8.71. The van der Waals surface area contributed by atoms with E-state index in [1.54, 1.807) is 12.1 Å². The van der Waals surface area contributed by atoms with Crippen molar-refractivity contribution in [1.82, 2.24) is 0 Å². The number of rotatable bonds is 3. The molecule has 0 atom stereocenters. The number of phenolic OH excluding ortho intramolecular Hbond substituents is 1. The standard InChI is InChI=1S/C14H9ClINO4/c15-11-6-8(2-3-9(11)14(20)21)17-13(19)10-5-7(16)1-4-12(10)18/h1-6,18H,(H,17,19)(H,20,21). The molecule has 0 aliphatic rings. The molecular formula is C14H9ClINO4. The molecule has 21 heavy (non-hydrogen) atoms. The Labute approximate surface area is 138 Å². The number of amides is 1. The summed E-state index contributed by atoms with van der Waals surface area (Å²) in [4.78, 5) is 22.9. The molecule has 0 fully saturated rings. The van der Waals surface area contributed by atoms with Crippen LogP contribution in [0.4, 0.5) is 5.69 Å². The predicted molar refractivity (Wildman–Crippen MR) is 87.2 cm³/mol. The Morgan fingerprint density at radius 2 is 1.81 bits per heavy atom. The fourth-order valence-corrected chi connectivity index (χ4v) is 2.41. The minimum atomic E-state index is -1.15. The maximum Gasteiger partial charge on any atom is 0.337 e. The van der Waals surface area contributed by atoms with Gasteiger partial charge in [-0.15, -0.1) is 0 Å². The summed E-state index contributed by atoms with van der Waals surface area (Å²) in [5.41, 5.74) is 0.417. The summed E-state index contributed by atoms with van der Waals surface area (Å²) in [6.07, 6.45) is 0. The smallest absolute Gasteiger partial charge is 0.337 e. The molecule has 0 heterocycles. The van der Waals surface area contributed by atoms with Gasteiger partial charge in [0, 0.05) is 9.26 Å². The van der Waals surface area contributed by atoms with Crippen LogP contribution in [0.2, 0.25) is 5.02 Å². The second kappa shape index (κ2) is 6.31. The molecule has 0 aliphatic carbocycles. The van der Waals surface area contributed by atoms with Crippen LogP contribution in [0.1, 0.15) is 20.7 Å². The monoisotopic (exact) mass is 417 g/mol. The van der Waals surface area contributed by atoms with Crippen LogP contribution < -0.4 is 5.32 Å². The predicted octanol–water partition coefficient (Wildman–Crippen LogP) is 3.60. The number of carbonyl (C=O) groups excluding carboxylic acids is 1. The third-order valence-electron chi connectivity index (χ3n) is 2.66. The van der Waals surface area contributed by atoms with Crippen molar-refractivity contribution in [2.75, 3.05) is 5.32 Å². The zero-order chi connectivity index (χ0) is 15.6. The molecule has 2 aromatic rings. The molecule has 0 spiro atoms. The maximum atomic E-state index is 12.1. The van der Waals surface area contributed by atoms with E-state index in [9.17, 15) is 14.7 Å². The number of carboxylic acids is 1. The molecule has 3 N–H and O–H groups in total. The van der Waals surface area contributed by atoms with Crippen LogP contribution in [-0.2, 0) is 0 Å². The molecule has 0 aromatic heterocycles. The van der Waals surface area contributed by atoms with Crippen LogP contribution in [0.5, 0.6) is 5.75 Å².